The molecule has 0 atom stereocenters. The first-order chi connectivity index (χ1) is 5.82. The molecule has 0 aromatic carbocycles. The van der Waals surface area contributed by atoms with Crippen molar-refractivity contribution in [3.05, 3.63) is 28.0 Å². The third-order valence-corrected chi connectivity index (χ3v) is 2.61. The van der Waals surface area contributed by atoms with Gasteiger partial charge in [0.2, 0.25) is 0 Å². The second-order valence-electron chi connectivity index (χ2n) is 4.45. The molecule has 2 heteroatoms. The van der Waals surface area contributed by atoms with Crippen LogP contribution in [-0.2, 0) is 5.41 Å². The maximum atomic E-state index is 6.09. The Bertz CT molecular complexity index is 300. The van der Waals surface area contributed by atoms with Crippen molar-refractivity contribution in [1.29, 1.82) is 0 Å². The summed E-state index contributed by atoms with van der Waals surface area (Å²) in [6.07, 6.45) is 0. The lowest BCUT2D eigenvalue weighted by Gasteiger charge is -2.19. The first-order valence-electron chi connectivity index (χ1n) is 4.46. The Kier molecular flexibility index (Phi) is 2.67. The van der Waals surface area contributed by atoms with Gasteiger partial charge in [0.25, 0.3) is 0 Å². The molecule has 0 saturated heterocycles. The van der Waals surface area contributed by atoms with Crippen molar-refractivity contribution in [2.75, 3.05) is 0 Å². The number of halogens is 1. The van der Waals surface area contributed by atoms with Crippen molar-refractivity contribution in [2.45, 2.75) is 40.0 Å². The smallest absolute Gasteiger partial charge is 0.0475 e. The second kappa shape index (κ2) is 3.30. The van der Waals surface area contributed by atoms with Crippen molar-refractivity contribution in [1.82, 2.24) is 4.98 Å². The Morgan fingerprint density at radius 1 is 1.23 bits per heavy atom. The van der Waals surface area contributed by atoms with Crippen molar-refractivity contribution in [2.24, 2.45) is 0 Å². The van der Waals surface area contributed by atoms with Gasteiger partial charge in [0, 0.05) is 21.8 Å². The zero-order valence-corrected chi connectivity index (χ0v) is 9.66. The fourth-order valence-electron chi connectivity index (χ4n) is 1.08. The fourth-order valence-corrected chi connectivity index (χ4v) is 1.32. The van der Waals surface area contributed by atoms with Gasteiger partial charge in [-0.05, 0) is 25.5 Å². The van der Waals surface area contributed by atoms with Crippen LogP contribution in [0.4, 0.5) is 0 Å². The average molecular weight is 198 g/mol. The van der Waals surface area contributed by atoms with Crippen LogP contribution >= 0.6 is 11.6 Å². The largest absolute Gasteiger partial charge is 0.257 e. The van der Waals surface area contributed by atoms with E-state index in [0.29, 0.717) is 0 Å². The molecule has 1 heterocycles. The van der Waals surface area contributed by atoms with Crippen LogP contribution < -0.4 is 0 Å². The van der Waals surface area contributed by atoms with Crippen LogP contribution in [0.5, 0.6) is 0 Å². The summed E-state index contributed by atoms with van der Waals surface area (Å²) >= 11 is 6.09. The summed E-state index contributed by atoms with van der Waals surface area (Å²) in [5.41, 5.74) is 3.23. The minimum absolute atomic E-state index is 0.0715. The average Bonchev–Trinajstić information content (AvgIpc) is 1.97. The molecule has 0 radical (unpaired) electrons. The predicted octanol–water partition coefficient (Wildman–Crippen LogP) is 3.65. The molecule has 1 rings (SSSR count). The molecule has 0 spiro atoms. The maximum Gasteiger partial charge on any atom is 0.0475 e. The van der Waals surface area contributed by atoms with E-state index in [9.17, 15) is 0 Å². The van der Waals surface area contributed by atoms with E-state index in [-0.39, 0.29) is 5.41 Å². The van der Waals surface area contributed by atoms with Crippen molar-refractivity contribution >= 4 is 11.6 Å². The van der Waals surface area contributed by atoms with Crippen molar-refractivity contribution in [3.63, 3.8) is 0 Å². The lowest BCUT2D eigenvalue weighted by atomic mass is 9.91. The van der Waals surface area contributed by atoms with E-state index in [4.69, 9.17) is 11.6 Å². The zero-order chi connectivity index (χ0) is 10.2. The Balaban J connectivity index is 3.29. The molecule has 0 N–H and O–H groups in total. The number of nitrogens with zero attached hydrogens (tertiary/aromatic N) is 1. The molecular formula is C11H16ClN. The van der Waals surface area contributed by atoms with Gasteiger partial charge in [-0.1, -0.05) is 32.4 Å². The van der Waals surface area contributed by atoms with Gasteiger partial charge in [-0.25, -0.2) is 0 Å². The van der Waals surface area contributed by atoms with Crippen LogP contribution in [0.2, 0.25) is 5.02 Å². The number of rotatable bonds is 0. The summed E-state index contributed by atoms with van der Waals surface area (Å²) in [7, 11) is 0. The number of aryl methyl sites for hydroxylation is 1. The van der Waals surface area contributed by atoms with Crippen molar-refractivity contribution < 1.29 is 0 Å². The number of hydrogen-bond donors (Lipinski definition) is 0. The summed E-state index contributed by atoms with van der Waals surface area (Å²) in [6.45, 7) is 10.4. The highest BCUT2D eigenvalue weighted by atomic mass is 35.5. The molecule has 0 aliphatic carbocycles. The van der Waals surface area contributed by atoms with Gasteiger partial charge < -0.3 is 0 Å². The highest BCUT2D eigenvalue weighted by Crippen LogP contribution is 2.26. The highest BCUT2D eigenvalue weighted by Gasteiger charge is 2.17. The van der Waals surface area contributed by atoms with Crippen LogP contribution in [0.3, 0.4) is 0 Å². The van der Waals surface area contributed by atoms with E-state index in [2.05, 4.69) is 25.8 Å². The molecule has 0 saturated carbocycles. The molecule has 1 aromatic rings. The molecular weight excluding hydrogens is 182 g/mol. The molecule has 1 aromatic heterocycles. The first-order valence-corrected chi connectivity index (χ1v) is 4.84. The van der Waals surface area contributed by atoms with Crippen molar-refractivity contribution in [3.8, 4) is 0 Å². The van der Waals surface area contributed by atoms with E-state index in [0.717, 1.165) is 22.0 Å². The lowest BCUT2D eigenvalue weighted by molar-refractivity contribution is 0.566. The molecule has 13 heavy (non-hydrogen) atoms. The molecule has 0 amide bonds. The Morgan fingerprint density at radius 2 is 1.77 bits per heavy atom. The van der Waals surface area contributed by atoms with Crippen LogP contribution in [0.1, 0.15) is 37.7 Å². The maximum absolute atomic E-state index is 6.09. The van der Waals surface area contributed by atoms with Gasteiger partial charge in [-0.3, -0.25) is 4.98 Å². The van der Waals surface area contributed by atoms with E-state index in [1.807, 2.05) is 19.9 Å². The van der Waals surface area contributed by atoms with Gasteiger partial charge in [0.1, 0.15) is 0 Å². The van der Waals surface area contributed by atoms with E-state index < -0.39 is 0 Å². The van der Waals surface area contributed by atoms with E-state index >= 15 is 0 Å². The number of aromatic nitrogens is 1. The predicted molar refractivity (Wildman–Crippen MR) is 57.4 cm³/mol. The molecule has 0 fully saturated rings. The molecule has 0 aliphatic rings. The molecule has 0 aliphatic heterocycles. The van der Waals surface area contributed by atoms with Crippen LogP contribution in [0.15, 0.2) is 6.07 Å². The zero-order valence-electron chi connectivity index (χ0n) is 8.90. The Labute approximate surface area is 85.1 Å². The van der Waals surface area contributed by atoms with Crippen LogP contribution in [0, 0.1) is 13.8 Å². The molecule has 72 valence electrons. The Hall–Kier alpha value is -0.560. The topological polar surface area (TPSA) is 12.9 Å². The van der Waals surface area contributed by atoms with Gasteiger partial charge in [-0.2, -0.15) is 0 Å². The third kappa shape index (κ3) is 2.22. The lowest BCUT2D eigenvalue weighted by Crippen LogP contribution is -2.14. The van der Waals surface area contributed by atoms with Gasteiger partial charge >= 0.3 is 0 Å². The minimum Gasteiger partial charge on any atom is -0.257 e. The normalized spacial score (nSPS) is 11.8. The number of pyridine rings is 1. The summed E-state index contributed by atoms with van der Waals surface area (Å²) < 4.78 is 0. The van der Waals surface area contributed by atoms with Crippen LogP contribution in [0.25, 0.3) is 0 Å². The third-order valence-electron chi connectivity index (χ3n) is 2.22. The van der Waals surface area contributed by atoms with Gasteiger partial charge in [0.15, 0.2) is 0 Å². The highest BCUT2D eigenvalue weighted by molar-refractivity contribution is 6.31. The molecule has 1 nitrogen and oxygen atoms in total. The SMILES string of the molecule is Cc1nc(C(C)(C)C)cc(Cl)c1C. The summed E-state index contributed by atoms with van der Waals surface area (Å²) in [5, 5.41) is 0.817. The Morgan fingerprint density at radius 3 is 2.15 bits per heavy atom. The fraction of sp³-hybridized carbons (Fsp3) is 0.545. The summed E-state index contributed by atoms with van der Waals surface area (Å²) in [4.78, 5) is 4.52. The monoisotopic (exact) mass is 197 g/mol. The summed E-state index contributed by atoms with van der Waals surface area (Å²) in [5.74, 6) is 0. The van der Waals surface area contributed by atoms with Gasteiger partial charge in [0.05, 0.1) is 0 Å². The van der Waals surface area contributed by atoms with E-state index in [1.165, 1.54) is 0 Å². The molecule has 0 bridgehead atoms. The second-order valence-corrected chi connectivity index (χ2v) is 4.86. The van der Waals surface area contributed by atoms with E-state index in [1.54, 1.807) is 0 Å². The minimum atomic E-state index is 0.0715. The van der Waals surface area contributed by atoms with Crippen LogP contribution in [-0.4, -0.2) is 4.98 Å². The number of hydrogen-bond acceptors (Lipinski definition) is 1. The molecule has 0 unspecified atom stereocenters. The first kappa shape index (κ1) is 10.5. The quantitative estimate of drug-likeness (QED) is 0.619. The standard InChI is InChI=1S/C11H16ClN/c1-7-8(2)13-10(6-9(7)12)11(3,4)5/h6H,1-5H3. The van der Waals surface area contributed by atoms with Gasteiger partial charge in [-0.15, -0.1) is 0 Å². The summed E-state index contributed by atoms with van der Waals surface area (Å²) in [6, 6.07) is 1.96.